The molecule has 2 aromatic rings. The predicted octanol–water partition coefficient (Wildman–Crippen LogP) is 3.89. The van der Waals surface area contributed by atoms with E-state index in [4.69, 9.17) is 5.26 Å². The molecule has 18 heavy (non-hydrogen) atoms. The lowest BCUT2D eigenvalue weighted by molar-refractivity contribution is 1.14. The molecule has 0 atom stereocenters. The summed E-state index contributed by atoms with van der Waals surface area (Å²) in [5.74, 6) is 0. The zero-order valence-electron chi connectivity index (χ0n) is 10.2. The van der Waals surface area contributed by atoms with E-state index in [0.29, 0.717) is 5.56 Å². The minimum Gasteiger partial charge on any atom is -0.381 e. The van der Waals surface area contributed by atoms with Gasteiger partial charge >= 0.3 is 0 Å². The topological polar surface area (TPSA) is 35.8 Å². The summed E-state index contributed by atoms with van der Waals surface area (Å²) >= 11 is 1.73. The van der Waals surface area contributed by atoms with Gasteiger partial charge in [0.05, 0.1) is 11.6 Å². The van der Waals surface area contributed by atoms with Gasteiger partial charge in [-0.25, -0.2) is 0 Å². The summed E-state index contributed by atoms with van der Waals surface area (Å²) in [6.07, 6.45) is 2.07. The van der Waals surface area contributed by atoms with Crippen LogP contribution in [0, 0.1) is 11.3 Å². The normalized spacial score (nSPS) is 9.78. The van der Waals surface area contributed by atoms with Crippen molar-refractivity contribution < 1.29 is 0 Å². The molecule has 0 fully saturated rings. The Morgan fingerprint density at radius 3 is 2.61 bits per heavy atom. The van der Waals surface area contributed by atoms with Gasteiger partial charge in [0.1, 0.15) is 0 Å². The van der Waals surface area contributed by atoms with E-state index in [1.165, 1.54) is 4.90 Å². The number of hydrogen-bond donors (Lipinski definition) is 1. The van der Waals surface area contributed by atoms with Crippen molar-refractivity contribution in [2.45, 2.75) is 11.4 Å². The molecule has 90 valence electrons. The molecule has 0 bridgehead atoms. The lowest BCUT2D eigenvalue weighted by Gasteiger charge is -2.07. The third-order valence-corrected chi connectivity index (χ3v) is 3.39. The number of thioether (sulfide) groups is 1. The second-order valence-corrected chi connectivity index (χ2v) is 4.77. The Kier molecular flexibility index (Phi) is 4.27. The molecule has 0 aliphatic rings. The van der Waals surface area contributed by atoms with Gasteiger partial charge in [-0.1, -0.05) is 12.1 Å². The van der Waals surface area contributed by atoms with Crippen molar-refractivity contribution in [3.63, 3.8) is 0 Å². The van der Waals surface area contributed by atoms with Crippen LogP contribution >= 0.6 is 11.8 Å². The summed E-state index contributed by atoms with van der Waals surface area (Å²) < 4.78 is 0. The van der Waals surface area contributed by atoms with Gasteiger partial charge in [0.2, 0.25) is 0 Å². The van der Waals surface area contributed by atoms with Gasteiger partial charge in [-0.3, -0.25) is 0 Å². The molecule has 0 aliphatic heterocycles. The first-order chi connectivity index (χ1) is 8.81. The summed E-state index contributed by atoms with van der Waals surface area (Å²) in [6.45, 7) is 0.730. The summed E-state index contributed by atoms with van der Waals surface area (Å²) in [7, 11) is 0. The van der Waals surface area contributed by atoms with Crippen LogP contribution < -0.4 is 5.32 Å². The number of hydrogen-bond acceptors (Lipinski definition) is 3. The van der Waals surface area contributed by atoms with Gasteiger partial charge < -0.3 is 5.32 Å². The maximum atomic E-state index is 8.83. The predicted molar refractivity (Wildman–Crippen MR) is 76.7 cm³/mol. The summed E-state index contributed by atoms with van der Waals surface area (Å²) in [6, 6.07) is 18.1. The molecular weight excluding hydrogens is 240 g/mol. The zero-order valence-corrected chi connectivity index (χ0v) is 11.0. The SMILES string of the molecule is CSc1ccc(NCc2cccc(C#N)c2)cc1. The number of nitrogens with one attached hydrogen (secondary N) is 1. The molecule has 2 nitrogen and oxygen atoms in total. The van der Waals surface area contributed by atoms with E-state index in [0.717, 1.165) is 17.8 Å². The van der Waals surface area contributed by atoms with Crippen LogP contribution in [0.25, 0.3) is 0 Å². The Balaban J connectivity index is 2.00. The molecule has 0 heterocycles. The largest absolute Gasteiger partial charge is 0.381 e. The van der Waals surface area contributed by atoms with Crippen molar-refractivity contribution >= 4 is 17.4 Å². The van der Waals surface area contributed by atoms with Crippen molar-refractivity contribution in [3.8, 4) is 6.07 Å². The van der Waals surface area contributed by atoms with Crippen molar-refractivity contribution in [1.29, 1.82) is 5.26 Å². The Morgan fingerprint density at radius 2 is 1.94 bits per heavy atom. The van der Waals surface area contributed by atoms with E-state index < -0.39 is 0 Å². The number of rotatable bonds is 4. The van der Waals surface area contributed by atoms with Crippen molar-refractivity contribution in [2.75, 3.05) is 11.6 Å². The molecule has 3 heteroatoms. The van der Waals surface area contributed by atoms with Gasteiger partial charge in [-0.05, 0) is 48.2 Å². The first-order valence-electron chi connectivity index (χ1n) is 5.69. The molecule has 0 saturated heterocycles. The van der Waals surface area contributed by atoms with Gasteiger partial charge in [0, 0.05) is 17.1 Å². The van der Waals surface area contributed by atoms with Crippen LogP contribution in [0.1, 0.15) is 11.1 Å². The summed E-state index contributed by atoms with van der Waals surface area (Å²) in [5, 5.41) is 12.2. The minimum absolute atomic E-state index is 0.701. The molecule has 0 aromatic heterocycles. The second kappa shape index (κ2) is 6.13. The highest BCUT2D eigenvalue weighted by molar-refractivity contribution is 7.98. The third-order valence-electron chi connectivity index (χ3n) is 2.64. The molecular formula is C15H14N2S. The highest BCUT2D eigenvalue weighted by Crippen LogP contribution is 2.18. The van der Waals surface area contributed by atoms with Crippen LogP contribution in [0.5, 0.6) is 0 Å². The third kappa shape index (κ3) is 3.28. The standard InChI is InChI=1S/C15H14N2S/c1-18-15-7-5-14(6-8-15)17-11-13-4-2-3-12(9-13)10-16/h2-9,17H,11H2,1H3. The molecule has 0 saturated carbocycles. The average Bonchev–Trinajstić information content (AvgIpc) is 2.46. The molecule has 2 aromatic carbocycles. The quantitative estimate of drug-likeness (QED) is 0.841. The van der Waals surface area contributed by atoms with E-state index in [1.807, 2.05) is 24.3 Å². The van der Waals surface area contributed by atoms with Crippen LogP contribution in [0.4, 0.5) is 5.69 Å². The Hall–Kier alpha value is -1.92. The average molecular weight is 254 g/mol. The highest BCUT2D eigenvalue weighted by Gasteiger charge is 1.96. The van der Waals surface area contributed by atoms with Crippen molar-refractivity contribution in [1.82, 2.24) is 0 Å². The van der Waals surface area contributed by atoms with Gasteiger partial charge in [0.25, 0.3) is 0 Å². The number of anilines is 1. The number of nitrogens with zero attached hydrogens (tertiary/aromatic N) is 1. The van der Waals surface area contributed by atoms with Crippen molar-refractivity contribution in [2.24, 2.45) is 0 Å². The van der Waals surface area contributed by atoms with E-state index in [9.17, 15) is 0 Å². The monoisotopic (exact) mass is 254 g/mol. The first kappa shape index (κ1) is 12.5. The fraction of sp³-hybridized carbons (Fsp3) is 0.133. The molecule has 0 aliphatic carbocycles. The highest BCUT2D eigenvalue weighted by atomic mass is 32.2. The molecule has 0 amide bonds. The Bertz CT molecular complexity index is 555. The molecule has 0 unspecified atom stereocenters. The fourth-order valence-electron chi connectivity index (χ4n) is 1.66. The molecule has 0 radical (unpaired) electrons. The lowest BCUT2D eigenvalue weighted by atomic mass is 10.1. The molecule has 0 spiro atoms. The Labute approximate surface area is 112 Å². The second-order valence-electron chi connectivity index (χ2n) is 3.89. The van der Waals surface area contributed by atoms with E-state index in [1.54, 1.807) is 11.8 Å². The minimum atomic E-state index is 0.701. The van der Waals surface area contributed by atoms with Gasteiger partial charge in [-0.2, -0.15) is 5.26 Å². The fourth-order valence-corrected chi connectivity index (χ4v) is 2.07. The van der Waals surface area contributed by atoms with Gasteiger partial charge in [0.15, 0.2) is 0 Å². The van der Waals surface area contributed by atoms with Crippen LogP contribution in [-0.2, 0) is 6.54 Å². The van der Waals surface area contributed by atoms with Crippen LogP contribution in [0.15, 0.2) is 53.4 Å². The van der Waals surface area contributed by atoms with E-state index in [2.05, 4.69) is 41.9 Å². The van der Waals surface area contributed by atoms with Gasteiger partial charge in [-0.15, -0.1) is 11.8 Å². The summed E-state index contributed by atoms with van der Waals surface area (Å²) in [4.78, 5) is 1.26. The van der Waals surface area contributed by atoms with E-state index in [-0.39, 0.29) is 0 Å². The van der Waals surface area contributed by atoms with E-state index >= 15 is 0 Å². The maximum Gasteiger partial charge on any atom is 0.0991 e. The van der Waals surface area contributed by atoms with Crippen LogP contribution in [0.3, 0.4) is 0 Å². The smallest absolute Gasteiger partial charge is 0.0991 e. The van der Waals surface area contributed by atoms with Crippen molar-refractivity contribution in [3.05, 3.63) is 59.7 Å². The lowest BCUT2D eigenvalue weighted by Crippen LogP contribution is -1.99. The molecule has 1 N–H and O–H groups in total. The maximum absolute atomic E-state index is 8.83. The van der Waals surface area contributed by atoms with Crippen LogP contribution in [0.2, 0.25) is 0 Å². The zero-order chi connectivity index (χ0) is 12.8. The molecule has 2 rings (SSSR count). The number of benzene rings is 2. The number of nitriles is 1. The first-order valence-corrected chi connectivity index (χ1v) is 6.91. The summed E-state index contributed by atoms with van der Waals surface area (Å²) in [5.41, 5.74) is 2.91. The van der Waals surface area contributed by atoms with Crippen LogP contribution in [-0.4, -0.2) is 6.26 Å². The Morgan fingerprint density at radius 1 is 1.17 bits per heavy atom.